The standard InChI is InChI=1S/C11H22N2O3.C2HF3O2/c1-3-7-13(8-4-2)10(14)9-16-11(15)5-6-12;3-2(4,5)1(6)7/h3-9,12H2,1-2H3;(H,6,7). The molecule has 0 radical (unpaired) electrons. The Morgan fingerprint density at radius 3 is 1.87 bits per heavy atom. The van der Waals surface area contributed by atoms with Crippen molar-refractivity contribution in [1.29, 1.82) is 0 Å². The molecule has 0 atom stereocenters. The predicted molar refractivity (Wildman–Crippen MR) is 75.5 cm³/mol. The summed E-state index contributed by atoms with van der Waals surface area (Å²) < 4.78 is 36.5. The number of aliphatic carboxylic acids is 1. The number of carboxylic acid groups (broad SMARTS) is 1. The monoisotopic (exact) mass is 344 g/mol. The van der Waals surface area contributed by atoms with Gasteiger partial charge in [-0.1, -0.05) is 13.8 Å². The van der Waals surface area contributed by atoms with Crippen molar-refractivity contribution in [2.24, 2.45) is 5.73 Å². The highest BCUT2D eigenvalue weighted by Gasteiger charge is 2.38. The van der Waals surface area contributed by atoms with Crippen LogP contribution in [0, 0.1) is 0 Å². The summed E-state index contributed by atoms with van der Waals surface area (Å²) in [6.45, 7) is 5.52. The van der Waals surface area contributed by atoms with Gasteiger partial charge in [0, 0.05) is 19.6 Å². The third kappa shape index (κ3) is 13.5. The minimum absolute atomic E-state index is 0.130. The highest BCUT2D eigenvalue weighted by Crippen LogP contribution is 2.13. The highest BCUT2D eigenvalue weighted by molar-refractivity contribution is 5.80. The Morgan fingerprint density at radius 2 is 1.57 bits per heavy atom. The molecule has 0 saturated heterocycles. The summed E-state index contributed by atoms with van der Waals surface area (Å²) in [5, 5.41) is 7.12. The second-order valence-corrected chi connectivity index (χ2v) is 4.38. The highest BCUT2D eigenvalue weighted by atomic mass is 19.4. The van der Waals surface area contributed by atoms with Crippen LogP contribution in [0.15, 0.2) is 0 Å². The molecule has 0 aromatic heterocycles. The van der Waals surface area contributed by atoms with Crippen LogP contribution in [-0.2, 0) is 19.1 Å². The van der Waals surface area contributed by atoms with Crippen molar-refractivity contribution < 1.29 is 37.4 Å². The SMILES string of the molecule is CCCN(CCC)C(=O)COC(=O)CCN.O=C(O)C(F)(F)F. The first kappa shape index (κ1) is 23.4. The molecule has 7 nitrogen and oxygen atoms in total. The number of nitrogens with two attached hydrogens (primary N) is 1. The van der Waals surface area contributed by atoms with Crippen LogP contribution >= 0.6 is 0 Å². The third-order valence-corrected chi connectivity index (χ3v) is 2.29. The van der Waals surface area contributed by atoms with Gasteiger partial charge in [-0.25, -0.2) is 4.79 Å². The molecular weight excluding hydrogens is 321 g/mol. The summed E-state index contributed by atoms with van der Waals surface area (Å²) >= 11 is 0. The molecule has 0 aliphatic heterocycles. The predicted octanol–water partition coefficient (Wildman–Crippen LogP) is 1.16. The number of hydrogen-bond donors (Lipinski definition) is 2. The molecule has 1 amide bonds. The van der Waals surface area contributed by atoms with Crippen molar-refractivity contribution in [1.82, 2.24) is 4.90 Å². The summed E-state index contributed by atoms with van der Waals surface area (Å²) in [7, 11) is 0. The van der Waals surface area contributed by atoms with E-state index in [1.807, 2.05) is 13.8 Å². The average molecular weight is 344 g/mol. The van der Waals surface area contributed by atoms with Gasteiger partial charge in [0.15, 0.2) is 6.61 Å². The topological polar surface area (TPSA) is 110 Å². The van der Waals surface area contributed by atoms with Crippen molar-refractivity contribution in [3.63, 3.8) is 0 Å². The number of nitrogens with zero attached hydrogens (tertiary/aromatic N) is 1. The van der Waals surface area contributed by atoms with Gasteiger partial charge in [0.2, 0.25) is 0 Å². The number of carbonyl (C=O) groups excluding carboxylic acids is 2. The Morgan fingerprint density at radius 1 is 1.13 bits per heavy atom. The van der Waals surface area contributed by atoms with E-state index in [0.29, 0.717) is 13.1 Å². The van der Waals surface area contributed by atoms with Gasteiger partial charge in [0.25, 0.3) is 5.91 Å². The molecule has 0 unspecified atom stereocenters. The van der Waals surface area contributed by atoms with Crippen molar-refractivity contribution in [2.75, 3.05) is 26.2 Å². The van der Waals surface area contributed by atoms with E-state index in [2.05, 4.69) is 0 Å². The molecule has 3 N–H and O–H groups in total. The Balaban J connectivity index is 0. The summed E-state index contributed by atoms with van der Waals surface area (Å²) in [4.78, 5) is 33.3. The maximum Gasteiger partial charge on any atom is 0.490 e. The fourth-order valence-electron chi connectivity index (χ4n) is 1.32. The second-order valence-electron chi connectivity index (χ2n) is 4.38. The van der Waals surface area contributed by atoms with Crippen LogP contribution < -0.4 is 5.73 Å². The quantitative estimate of drug-likeness (QED) is 0.640. The first-order valence-electron chi connectivity index (χ1n) is 7.03. The van der Waals surface area contributed by atoms with Crippen LogP contribution in [0.25, 0.3) is 0 Å². The van der Waals surface area contributed by atoms with Gasteiger partial charge in [-0.05, 0) is 12.8 Å². The average Bonchev–Trinajstić information content (AvgIpc) is 2.44. The molecule has 136 valence electrons. The number of hydrogen-bond acceptors (Lipinski definition) is 5. The molecule has 0 spiro atoms. The van der Waals surface area contributed by atoms with Gasteiger partial charge in [-0.2, -0.15) is 13.2 Å². The van der Waals surface area contributed by atoms with Gasteiger partial charge >= 0.3 is 18.1 Å². The molecule has 0 rings (SSSR count). The molecule has 0 heterocycles. The van der Waals surface area contributed by atoms with Crippen molar-refractivity contribution in [2.45, 2.75) is 39.3 Å². The van der Waals surface area contributed by atoms with E-state index in [9.17, 15) is 22.8 Å². The Hall–Kier alpha value is -1.84. The maximum atomic E-state index is 11.6. The third-order valence-electron chi connectivity index (χ3n) is 2.29. The van der Waals surface area contributed by atoms with Crippen LogP contribution in [0.2, 0.25) is 0 Å². The molecule has 0 bridgehead atoms. The Kier molecular flexibility index (Phi) is 12.9. The van der Waals surface area contributed by atoms with Gasteiger partial charge in [-0.15, -0.1) is 0 Å². The normalized spacial score (nSPS) is 10.3. The van der Waals surface area contributed by atoms with E-state index in [0.717, 1.165) is 12.8 Å². The number of ether oxygens (including phenoxy) is 1. The van der Waals surface area contributed by atoms with E-state index in [4.69, 9.17) is 20.4 Å². The number of esters is 1. The summed E-state index contributed by atoms with van der Waals surface area (Å²) in [6, 6.07) is 0. The van der Waals surface area contributed by atoms with Crippen LogP contribution in [-0.4, -0.2) is 60.3 Å². The number of halogens is 3. The van der Waals surface area contributed by atoms with E-state index in [1.165, 1.54) is 0 Å². The Labute approximate surface area is 132 Å². The number of rotatable bonds is 8. The molecule has 0 aromatic rings. The summed E-state index contributed by atoms with van der Waals surface area (Å²) in [6.07, 6.45) is -3.11. The van der Waals surface area contributed by atoms with Crippen LogP contribution in [0.3, 0.4) is 0 Å². The minimum Gasteiger partial charge on any atom is -0.475 e. The largest absolute Gasteiger partial charge is 0.490 e. The fourth-order valence-corrected chi connectivity index (χ4v) is 1.32. The van der Waals surface area contributed by atoms with Crippen LogP contribution in [0.4, 0.5) is 13.2 Å². The van der Waals surface area contributed by atoms with Crippen LogP contribution in [0.1, 0.15) is 33.1 Å². The molecule has 0 fully saturated rings. The zero-order valence-corrected chi connectivity index (χ0v) is 13.2. The molecule has 10 heteroatoms. The maximum absolute atomic E-state index is 11.6. The van der Waals surface area contributed by atoms with E-state index < -0.39 is 18.1 Å². The van der Waals surface area contributed by atoms with E-state index in [1.54, 1.807) is 4.90 Å². The molecular formula is C13H23F3N2O5. The zero-order valence-electron chi connectivity index (χ0n) is 13.2. The lowest BCUT2D eigenvalue weighted by Gasteiger charge is -2.21. The molecule has 0 aliphatic rings. The number of carbonyl (C=O) groups is 3. The van der Waals surface area contributed by atoms with E-state index in [-0.39, 0.29) is 25.5 Å². The van der Waals surface area contributed by atoms with Gasteiger partial charge < -0.3 is 20.5 Å². The van der Waals surface area contributed by atoms with Gasteiger partial charge in [0.1, 0.15) is 0 Å². The second kappa shape index (κ2) is 12.7. The first-order valence-corrected chi connectivity index (χ1v) is 7.03. The van der Waals surface area contributed by atoms with Gasteiger partial charge in [0.05, 0.1) is 6.42 Å². The number of alkyl halides is 3. The van der Waals surface area contributed by atoms with E-state index >= 15 is 0 Å². The zero-order chi connectivity index (χ0) is 18.5. The lowest BCUT2D eigenvalue weighted by Crippen LogP contribution is -2.36. The summed E-state index contributed by atoms with van der Waals surface area (Å²) in [5.74, 6) is -3.30. The van der Waals surface area contributed by atoms with Crippen molar-refractivity contribution in [3.8, 4) is 0 Å². The summed E-state index contributed by atoms with van der Waals surface area (Å²) in [5.41, 5.74) is 5.19. The van der Waals surface area contributed by atoms with Gasteiger partial charge in [-0.3, -0.25) is 9.59 Å². The molecule has 0 aliphatic carbocycles. The lowest BCUT2D eigenvalue weighted by molar-refractivity contribution is -0.192. The first-order chi connectivity index (χ1) is 10.6. The smallest absolute Gasteiger partial charge is 0.475 e. The lowest BCUT2D eigenvalue weighted by atomic mass is 10.3. The molecule has 23 heavy (non-hydrogen) atoms. The fraction of sp³-hybridized carbons (Fsp3) is 0.769. The minimum atomic E-state index is -5.08. The number of amides is 1. The molecule has 0 aromatic carbocycles. The Bertz CT molecular complexity index is 369. The van der Waals surface area contributed by atoms with Crippen molar-refractivity contribution >= 4 is 17.8 Å². The van der Waals surface area contributed by atoms with Crippen LogP contribution in [0.5, 0.6) is 0 Å². The van der Waals surface area contributed by atoms with Crippen molar-refractivity contribution in [3.05, 3.63) is 0 Å². The number of carboxylic acids is 1. The molecule has 0 saturated carbocycles.